The van der Waals surface area contributed by atoms with Gasteiger partial charge in [-0.05, 0) is 29.4 Å². The van der Waals surface area contributed by atoms with Crippen molar-refractivity contribution in [3.63, 3.8) is 0 Å². The number of furan rings is 1. The molecule has 4 rings (SSSR count). The van der Waals surface area contributed by atoms with Crippen LogP contribution in [0.4, 0.5) is 0 Å². The highest BCUT2D eigenvalue weighted by Crippen LogP contribution is 2.32. The van der Waals surface area contributed by atoms with Crippen LogP contribution in [0, 0.1) is 0 Å². The monoisotopic (exact) mass is 352 g/mol. The molecule has 2 aliphatic heterocycles. The number of para-hydroxylation sites is 1. The molecule has 3 heterocycles. The summed E-state index contributed by atoms with van der Waals surface area (Å²) in [5, 5.41) is 4.26. The van der Waals surface area contributed by atoms with E-state index in [1.165, 1.54) is 19.7 Å². The van der Waals surface area contributed by atoms with Crippen molar-refractivity contribution >= 4 is 24.0 Å². The molecule has 0 aliphatic carbocycles. The second-order valence-corrected chi connectivity index (χ2v) is 5.39. The lowest BCUT2D eigenvalue weighted by Gasteiger charge is -2.24. The molecule has 1 aromatic heterocycles. The fourth-order valence-electron chi connectivity index (χ4n) is 2.53. The Bertz CT molecular complexity index is 990. The largest absolute Gasteiger partial charge is 0.465 e. The SMILES string of the molecule is COC(=O)c1ccccc1O[N+]12C=NC(c3ccco3)=NC1=CC(N)=N2. The van der Waals surface area contributed by atoms with Crippen LogP contribution >= 0.6 is 0 Å². The fraction of sp³-hybridized carbons (Fsp3) is 0.0588. The minimum Gasteiger partial charge on any atom is -0.465 e. The quantitative estimate of drug-likeness (QED) is 0.666. The van der Waals surface area contributed by atoms with Crippen LogP contribution in [0.2, 0.25) is 0 Å². The van der Waals surface area contributed by atoms with E-state index in [2.05, 4.69) is 15.1 Å². The Labute approximate surface area is 147 Å². The van der Waals surface area contributed by atoms with Crippen LogP contribution in [-0.4, -0.2) is 35.8 Å². The first-order valence-corrected chi connectivity index (χ1v) is 7.63. The third-order valence-corrected chi connectivity index (χ3v) is 3.70. The molecular formula is C17H14N5O4+. The lowest BCUT2D eigenvalue weighted by molar-refractivity contribution is -0.973. The Morgan fingerprint density at radius 2 is 2.08 bits per heavy atom. The fourth-order valence-corrected chi connectivity index (χ4v) is 2.53. The summed E-state index contributed by atoms with van der Waals surface area (Å²) in [5.41, 5.74) is 6.10. The van der Waals surface area contributed by atoms with E-state index in [0.29, 0.717) is 17.4 Å². The third kappa shape index (κ3) is 2.56. The predicted molar refractivity (Wildman–Crippen MR) is 92.1 cm³/mol. The van der Waals surface area contributed by atoms with Crippen molar-refractivity contribution in [2.24, 2.45) is 20.8 Å². The van der Waals surface area contributed by atoms with Crippen molar-refractivity contribution in [3.05, 3.63) is 65.9 Å². The molecule has 1 aromatic carbocycles. The number of ether oxygens (including phenoxy) is 1. The van der Waals surface area contributed by atoms with Crippen LogP contribution in [0.1, 0.15) is 16.1 Å². The molecule has 26 heavy (non-hydrogen) atoms. The lowest BCUT2D eigenvalue weighted by atomic mass is 10.2. The molecule has 0 bridgehead atoms. The minimum atomic E-state index is -0.552. The number of aliphatic imine (C=N–C) groups is 2. The maximum atomic E-state index is 12.0. The summed E-state index contributed by atoms with van der Waals surface area (Å²) in [5.74, 6) is 1.18. The van der Waals surface area contributed by atoms with E-state index in [-0.39, 0.29) is 17.1 Å². The van der Waals surface area contributed by atoms with Gasteiger partial charge >= 0.3 is 11.8 Å². The van der Waals surface area contributed by atoms with Gasteiger partial charge in [0, 0.05) is 0 Å². The summed E-state index contributed by atoms with van der Waals surface area (Å²) >= 11 is 0. The zero-order valence-corrected chi connectivity index (χ0v) is 13.7. The van der Waals surface area contributed by atoms with E-state index in [1.54, 1.807) is 42.5 Å². The predicted octanol–water partition coefficient (Wildman–Crippen LogP) is 1.79. The normalized spacial score (nSPS) is 20.7. The van der Waals surface area contributed by atoms with E-state index in [4.69, 9.17) is 19.7 Å². The number of rotatable bonds is 4. The van der Waals surface area contributed by atoms with Gasteiger partial charge < -0.3 is 14.9 Å². The van der Waals surface area contributed by atoms with Crippen molar-refractivity contribution in [2.45, 2.75) is 0 Å². The summed E-state index contributed by atoms with van der Waals surface area (Å²) in [6.07, 6.45) is 4.51. The van der Waals surface area contributed by atoms with E-state index < -0.39 is 10.7 Å². The van der Waals surface area contributed by atoms with Gasteiger partial charge in [-0.2, -0.15) is 9.98 Å². The molecule has 2 aliphatic rings. The molecular weight excluding hydrogens is 338 g/mol. The highest BCUT2D eigenvalue weighted by molar-refractivity contribution is 6.03. The molecule has 2 N–H and O–H groups in total. The molecule has 0 saturated carbocycles. The summed E-state index contributed by atoms with van der Waals surface area (Å²) in [6.45, 7) is 0. The first kappa shape index (κ1) is 15.8. The van der Waals surface area contributed by atoms with Crippen LogP contribution < -0.4 is 10.6 Å². The second kappa shape index (κ2) is 5.97. The summed E-state index contributed by atoms with van der Waals surface area (Å²) < 4.78 is 9.55. The van der Waals surface area contributed by atoms with Crippen molar-refractivity contribution in [1.82, 2.24) is 0 Å². The van der Waals surface area contributed by atoms with Crippen molar-refractivity contribution in [1.29, 1.82) is 0 Å². The van der Waals surface area contributed by atoms with E-state index in [1.807, 2.05) is 0 Å². The van der Waals surface area contributed by atoms with Crippen LogP contribution in [0.15, 0.2) is 74.1 Å². The molecule has 9 nitrogen and oxygen atoms in total. The summed E-state index contributed by atoms with van der Waals surface area (Å²) in [4.78, 5) is 26.6. The zero-order valence-electron chi connectivity index (χ0n) is 13.7. The van der Waals surface area contributed by atoms with Gasteiger partial charge in [0.25, 0.3) is 6.34 Å². The van der Waals surface area contributed by atoms with Gasteiger partial charge in [0.1, 0.15) is 5.56 Å². The van der Waals surface area contributed by atoms with Gasteiger partial charge in [0.2, 0.25) is 11.6 Å². The molecule has 2 aromatic rings. The molecule has 9 heteroatoms. The average molecular weight is 352 g/mol. The molecule has 0 radical (unpaired) electrons. The Morgan fingerprint density at radius 1 is 1.23 bits per heavy atom. The second-order valence-electron chi connectivity index (χ2n) is 5.39. The van der Waals surface area contributed by atoms with Gasteiger partial charge in [-0.1, -0.05) is 12.1 Å². The lowest BCUT2D eigenvalue weighted by Crippen LogP contribution is -2.44. The highest BCUT2D eigenvalue weighted by atomic mass is 16.8. The number of benzene rings is 1. The molecule has 0 amide bonds. The topological polar surface area (TPSA) is 112 Å². The van der Waals surface area contributed by atoms with Crippen molar-refractivity contribution in [3.8, 4) is 5.75 Å². The average Bonchev–Trinajstić information content (AvgIpc) is 3.28. The van der Waals surface area contributed by atoms with Crippen molar-refractivity contribution in [2.75, 3.05) is 7.11 Å². The van der Waals surface area contributed by atoms with E-state index >= 15 is 0 Å². The molecule has 130 valence electrons. The number of methoxy groups -OCH3 is 1. The zero-order chi connectivity index (χ0) is 18.1. The van der Waals surface area contributed by atoms with E-state index in [9.17, 15) is 4.79 Å². The molecule has 0 saturated heterocycles. The Kier molecular flexibility index (Phi) is 3.63. The number of esters is 1. The smallest absolute Gasteiger partial charge is 0.341 e. The van der Waals surface area contributed by atoms with E-state index in [0.717, 1.165) is 0 Å². The first-order valence-electron chi connectivity index (χ1n) is 7.63. The number of nitrogens with zero attached hydrogens (tertiary/aromatic N) is 4. The number of carbonyl (C=O) groups excluding carboxylic acids is 1. The number of hydrogen-bond acceptors (Lipinski definition) is 8. The third-order valence-electron chi connectivity index (χ3n) is 3.70. The molecule has 1 unspecified atom stereocenters. The van der Waals surface area contributed by atoms with Crippen LogP contribution in [0.3, 0.4) is 0 Å². The van der Waals surface area contributed by atoms with Crippen molar-refractivity contribution < 1.29 is 23.5 Å². The summed E-state index contributed by atoms with van der Waals surface area (Å²) in [6, 6.07) is 10.1. The number of amidine groups is 2. The van der Waals surface area contributed by atoms with Gasteiger partial charge in [-0.15, -0.1) is 0 Å². The number of hydrogen-bond donors (Lipinski definition) is 1. The summed E-state index contributed by atoms with van der Waals surface area (Å²) in [7, 11) is 1.30. The number of hydroxylamine groups is 2. The minimum absolute atomic E-state index is 0.214. The van der Waals surface area contributed by atoms with Crippen LogP contribution in [0.5, 0.6) is 5.75 Å². The Balaban J connectivity index is 1.72. The highest BCUT2D eigenvalue weighted by Gasteiger charge is 2.45. The number of quaternary nitrogens is 1. The van der Waals surface area contributed by atoms with Gasteiger partial charge in [-0.3, -0.25) is 4.84 Å². The molecule has 1 atom stereocenters. The number of nitrogens with two attached hydrogens (primary N) is 1. The standard InChI is InChI=1S/C17H14N5O4/c1-24-17(23)11-5-2-3-6-12(11)26-22-10-19-16(13-7-4-8-25-13)20-15(22)9-14(18)21-22/h2-10H,1H3,(H2,18,21)/q+1. The maximum Gasteiger partial charge on any atom is 0.341 e. The first-order chi connectivity index (χ1) is 12.6. The Morgan fingerprint density at radius 3 is 2.85 bits per heavy atom. The van der Waals surface area contributed by atoms with Crippen LogP contribution in [-0.2, 0) is 4.74 Å². The number of carbonyl (C=O) groups is 1. The van der Waals surface area contributed by atoms with Gasteiger partial charge in [0.15, 0.2) is 11.6 Å². The molecule has 0 spiro atoms. The number of fused-ring (bicyclic) bond motifs is 1. The molecule has 0 fully saturated rings. The van der Waals surface area contributed by atoms with Gasteiger partial charge in [-0.25, -0.2) is 4.79 Å². The van der Waals surface area contributed by atoms with Crippen LogP contribution in [0.25, 0.3) is 0 Å². The maximum absolute atomic E-state index is 12.0. The van der Waals surface area contributed by atoms with Gasteiger partial charge in [0.05, 0.1) is 24.2 Å². The Hall–Kier alpha value is -3.72.